The molecule has 1 N–H and O–H groups in total. The van der Waals surface area contributed by atoms with E-state index in [1.54, 1.807) is 26.0 Å². The van der Waals surface area contributed by atoms with E-state index in [1.807, 2.05) is 6.07 Å². The van der Waals surface area contributed by atoms with Gasteiger partial charge < -0.3 is 9.84 Å². The van der Waals surface area contributed by atoms with Crippen LogP contribution in [-0.4, -0.2) is 58.5 Å². The van der Waals surface area contributed by atoms with Crippen molar-refractivity contribution in [1.29, 1.82) is 0 Å². The number of aryl methyl sites for hydroxylation is 1. The number of nitro benzene ring substituents is 1. The summed E-state index contributed by atoms with van der Waals surface area (Å²) >= 11 is 0. The van der Waals surface area contributed by atoms with Gasteiger partial charge in [-0.2, -0.15) is 0 Å². The summed E-state index contributed by atoms with van der Waals surface area (Å²) in [7, 11) is 0. The highest BCUT2D eigenvalue weighted by molar-refractivity contribution is 5.91. The van der Waals surface area contributed by atoms with Crippen molar-refractivity contribution in [1.82, 2.24) is 15.0 Å². The second-order valence-corrected chi connectivity index (χ2v) is 6.74. The van der Waals surface area contributed by atoms with E-state index in [2.05, 4.69) is 20.3 Å². The van der Waals surface area contributed by atoms with E-state index in [0.29, 0.717) is 30.2 Å². The van der Waals surface area contributed by atoms with Crippen LogP contribution in [0.2, 0.25) is 0 Å². The van der Waals surface area contributed by atoms with Crippen LogP contribution in [0.4, 0.5) is 11.5 Å². The molecule has 1 amide bonds. The fourth-order valence-corrected chi connectivity index (χ4v) is 3.20. The highest BCUT2D eigenvalue weighted by atomic mass is 16.6. The number of nitro groups is 1. The van der Waals surface area contributed by atoms with Gasteiger partial charge in [0.2, 0.25) is 5.91 Å². The van der Waals surface area contributed by atoms with E-state index in [9.17, 15) is 14.9 Å². The normalized spacial score (nSPS) is 15.6. The molecule has 0 saturated carbocycles. The maximum absolute atomic E-state index is 12.1. The van der Waals surface area contributed by atoms with Crippen LogP contribution in [0.25, 0.3) is 0 Å². The van der Waals surface area contributed by atoms with E-state index in [-0.39, 0.29) is 16.5 Å². The Kier molecular flexibility index (Phi) is 5.82. The van der Waals surface area contributed by atoms with Gasteiger partial charge in [-0.1, -0.05) is 17.3 Å². The lowest BCUT2D eigenvalue weighted by molar-refractivity contribution is -0.385. The number of carbonyl (C=O) groups is 1. The lowest BCUT2D eigenvalue weighted by atomic mass is 10.1. The zero-order valence-corrected chi connectivity index (χ0v) is 15.5. The SMILES string of the molecule is Cc1cc(NC(=O)CN2CCN(Cc3cccc([N+](=O)[O-])c3C)CC2)no1. The van der Waals surface area contributed by atoms with E-state index in [1.165, 1.54) is 6.07 Å². The average Bonchev–Trinajstić information content (AvgIpc) is 3.02. The number of anilines is 1. The summed E-state index contributed by atoms with van der Waals surface area (Å²) in [5.74, 6) is 0.957. The van der Waals surface area contributed by atoms with Gasteiger partial charge in [-0.15, -0.1) is 0 Å². The van der Waals surface area contributed by atoms with E-state index in [4.69, 9.17) is 4.52 Å². The van der Waals surface area contributed by atoms with Gasteiger partial charge in [0.05, 0.1) is 11.5 Å². The Morgan fingerprint density at radius 2 is 1.96 bits per heavy atom. The number of hydrogen-bond donors (Lipinski definition) is 1. The maximum atomic E-state index is 12.1. The lowest BCUT2D eigenvalue weighted by Gasteiger charge is -2.34. The highest BCUT2D eigenvalue weighted by Crippen LogP contribution is 2.22. The third-order valence-electron chi connectivity index (χ3n) is 4.74. The van der Waals surface area contributed by atoms with Crippen molar-refractivity contribution in [2.45, 2.75) is 20.4 Å². The third-order valence-corrected chi connectivity index (χ3v) is 4.74. The number of piperazine rings is 1. The number of nitrogens with one attached hydrogen (secondary N) is 1. The topological polar surface area (TPSA) is 105 Å². The zero-order valence-electron chi connectivity index (χ0n) is 15.5. The number of carbonyl (C=O) groups excluding carboxylic acids is 1. The number of aromatic nitrogens is 1. The van der Waals surface area contributed by atoms with Gasteiger partial charge >= 0.3 is 0 Å². The Morgan fingerprint density at radius 3 is 2.59 bits per heavy atom. The minimum atomic E-state index is -0.342. The van der Waals surface area contributed by atoms with Gasteiger partial charge in [0, 0.05) is 50.4 Å². The van der Waals surface area contributed by atoms with E-state index in [0.717, 1.165) is 31.7 Å². The van der Waals surface area contributed by atoms with Gasteiger partial charge in [0.15, 0.2) is 5.82 Å². The lowest BCUT2D eigenvalue weighted by Crippen LogP contribution is -2.48. The molecule has 0 unspecified atom stereocenters. The monoisotopic (exact) mass is 373 g/mol. The smallest absolute Gasteiger partial charge is 0.272 e. The van der Waals surface area contributed by atoms with Crippen LogP contribution in [0.15, 0.2) is 28.8 Å². The Morgan fingerprint density at radius 1 is 1.26 bits per heavy atom. The van der Waals surface area contributed by atoms with Gasteiger partial charge in [0.25, 0.3) is 5.69 Å². The summed E-state index contributed by atoms with van der Waals surface area (Å²) < 4.78 is 4.93. The molecule has 27 heavy (non-hydrogen) atoms. The number of rotatable bonds is 6. The summed E-state index contributed by atoms with van der Waals surface area (Å²) in [6.45, 7) is 7.67. The molecule has 0 atom stereocenters. The molecule has 0 spiro atoms. The molecular formula is C18H23N5O4. The first-order chi connectivity index (χ1) is 12.9. The molecule has 9 heteroatoms. The average molecular weight is 373 g/mol. The largest absolute Gasteiger partial charge is 0.360 e. The first-order valence-corrected chi connectivity index (χ1v) is 8.83. The van der Waals surface area contributed by atoms with Crippen LogP contribution < -0.4 is 5.32 Å². The number of hydrogen-bond acceptors (Lipinski definition) is 7. The fourth-order valence-electron chi connectivity index (χ4n) is 3.20. The summed E-state index contributed by atoms with van der Waals surface area (Å²) in [5, 5.41) is 17.6. The Bertz CT molecular complexity index is 827. The van der Waals surface area contributed by atoms with Crippen molar-refractivity contribution < 1.29 is 14.2 Å². The van der Waals surface area contributed by atoms with Gasteiger partial charge in [0.1, 0.15) is 5.76 Å². The molecule has 3 rings (SSSR count). The second kappa shape index (κ2) is 8.28. The molecule has 2 heterocycles. The first-order valence-electron chi connectivity index (χ1n) is 8.83. The molecule has 1 aliphatic rings. The second-order valence-electron chi connectivity index (χ2n) is 6.74. The van der Waals surface area contributed by atoms with E-state index < -0.39 is 0 Å². The number of nitrogens with zero attached hydrogens (tertiary/aromatic N) is 4. The minimum absolute atomic E-state index is 0.119. The summed E-state index contributed by atoms with van der Waals surface area (Å²) in [4.78, 5) is 27.2. The Balaban J connectivity index is 1.48. The molecule has 144 valence electrons. The number of benzene rings is 1. The molecule has 0 aliphatic carbocycles. The van der Waals surface area contributed by atoms with Crippen molar-refractivity contribution in [2.75, 3.05) is 38.0 Å². The molecule has 1 saturated heterocycles. The van der Waals surface area contributed by atoms with Crippen molar-refractivity contribution in [3.8, 4) is 0 Å². The van der Waals surface area contributed by atoms with Crippen molar-refractivity contribution in [2.24, 2.45) is 0 Å². The first kappa shape index (κ1) is 19.0. The van der Waals surface area contributed by atoms with Crippen LogP contribution in [0.3, 0.4) is 0 Å². The minimum Gasteiger partial charge on any atom is -0.360 e. The molecular weight excluding hydrogens is 350 g/mol. The summed E-state index contributed by atoms with van der Waals surface area (Å²) in [5.41, 5.74) is 1.84. The molecule has 9 nitrogen and oxygen atoms in total. The fraction of sp³-hybridized carbons (Fsp3) is 0.444. The predicted molar refractivity (Wildman–Crippen MR) is 99.4 cm³/mol. The van der Waals surface area contributed by atoms with Gasteiger partial charge in [-0.05, 0) is 19.4 Å². The molecule has 1 aromatic carbocycles. The molecule has 1 aliphatic heterocycles. The summed E-state index contributed by atoms with van der Waals surface area (Å²) in [6, 6.07) is 6.87. The van der Waals surface area contributed by atoms with Crippen LogP contribution in [0.1, 0.15) is 16.9 Å². The molecule has 0 radical (unpaired) electrons. The molecule has 0 bridgehead atoms. The quantitative estimate of drug-likeness (QED) is 0.609. The molecule has 1 fully saturated rings. The van der Waals surface area contributed by atoms with Crippen LogP contribution >= 0.6 is 0 Å². The van der Waals surface area contributed by atoms with Gasteiger partial charge in [-0.3, -0.25) is 24.7 Å². The third kappa shape index (κ3) is 4.89. The number of amides is 1. The van der Waals surface area contributed by atoms with Crippen LogP contribution in [0.5, 0.6) is 0 Å². The molecule has 2 aromatic rings. The maximum Gasteiger partial charge on any atom is 0.272 e. The Hall–Kier alpha value is -2.78. The van der Waals surface area contributed by atoms with Crippen LogP contribution in [-0.2, 0) is 11.3 Å². The van der Waals surface area contributed by atoms with Crippen molar-refractivity contribution in [3.63, 3.8) is 0 Å². The van der Waals surface area contributed by atoms with Gasteiger partial charge in [-0.25, -0.2) is 0 Å². The highest BCUT2D eigenvalue weighted by Gasteiger charge is 2.21. The summed E-state index contributed by atoms with van der Waals surface area (Å²) in [6.07, 6.45) is 0. The van der Waals surface area contributed by atoms with Crippen molar-refractivity contribution in [3.05, 3.63) is 51.3 Å². The zero-order chi connectivity index (χ0) is 19.4. The van der Waals surface area contributed by atoms with Crippen LogP contribution in [0, 0.1) is 24.0 Å². The standard InChI is InChI=1S/C18H23N5O4/c1-13-10-17(20-27-13)19-18(24)12-22-8-6-21(7-9-22)11-15-4-3-5-16(14(15)2)23(25)26/h3-5,10H,6-9,11-12H2,1-2H3,(H,19,20,24). The van der Waals surface area contributed by atoms with Crippen molar-refractivity contribution >= 4 is 17.4 Å². The van der Waals surface area contributed by atoms with E-state index >= 15 is 0 Å². The predicted octanol–water partition coefficient (Wildman–Crippen LogP) is 1.96. The Labute approximate surface area is 157 Å². The molecule has 1 aromatic heterocycles.